The SMILES string of the molecule is O=C1C(=O)N(CN2CCN(Cc3cccc(Cl)c3)CC2)c2cc(F)ccc21. The summed E-state index contributed by atoms with van der Waals surface area (Å²) in [5, 5.41) is 0.731. The van der Waals surface area contributed by atoms with Crippen molar-refractivity contribution < 1.29 is 14.0 Å². The molecule has 1 amide bonds. The smallest absolute Gasteiger partial charge is 0.297 e. The summed E-state index contributed by atoms with van der Waals surface area (Å²) in [7, 11) is 0. The van der Waals surface area contributed by atoms with Crippen molar-refractivity contribution in [2.75, 3.05) is 37.7 Å². The topological polar surface area (TPSA) is 43.9 Å². The van der Waals surface area contributed by atoms with E-state index < -0.39 is 17.5 Å². The van der Waals surface area contributed by atoms with Crippen LogP contribution in [-0.4, -0.2) is 54.3 Å². The van der Waals surface area contributed by atoms with Crippen LogP contribution in [0.15, 0.2) is 42.5 Å². The number of hydrogen-bond acceptors (Lipinski definition) is 4. The third-order valence-corrected chi connectivity index (χ3v) is 5.27. The maximum Gasteiger partial charge on any atom is 0.300 e. The van der Waals surface area contributed by atoms with Crippen molar-refractivity contribution in [2.24, 2.45) is 0 Å². The Bertz CT molecular complexity index is 897. The Kier molecular flexibility index (Phi) is 4.95. The maximum atomic E-state index is 13.6. The maximum absolute atomic E-state index is 13.6. The number of carbonyl (C=O) groups excluding carboxylic acids is 2. The van der Waals surface area contributed by atoms with Gasteiger partial charge in [0, 0.05) is 37.7 Å². The summed E-state index contributed by atoms with van der Waals surface area (Å²) in [5.74, 6) is -1.60. The van der Waals surface area contributed by atoms with Crippen molar-refractivity contribution in [1.82, 2.24) is 9.80 Å². The highest BCUT2D eigenvalue weighted by Crippen LogP contribution is 2.30. The van der Waals surface area contributed by atoms with Gasteiger partial charge in [-0.25, -0.2) is 4.39 Å². The molecule has 0 unspecified atom stereocenters. The zero-order chi connectivity index (χ0) is 19.0. The number of ketones is 1. The largest absolute Gasteiger partial charge is 0.300 e. The fourth-order valence-electron chi connectivity index (χ4n) is 3.59. The van der Waals surface area contributed by atoms with E-state index in [-0.39, 0.29) is 5.56 Å². The van der Waals surface area contributed by atoms with Crippen LogP contribution < -0.4 is 4.90 Å². The summed E-state index contributed by atoms with van der Waals surface area (Å²) >= 11 is 6.04. The number of amides is 1. The highest BCUT2D eigenvalue weighted by atomic mass is 35.5. The standard InChI is InChI=1S/C20H19ClFN3O2/c21-15-3-1-2-14(10-15)12-23-6-8-24(9-7-23)13-25-18-11-16(22)4-5-17(18)19(26)20(25)27/h1-5,10-11H,6-9,12-13H2. The molecule has 0 aliphatic carbocycles. The Balaban J connectivity index is 1.38. The van der Waals surface area contributed by atoms with Crippen LogP contribution in [-0.2, 0) is 11.3 Å². The minimum atomic E-state index is -0.586. The molecular weight excluding hydrogens is 369 g/mol. The molecule has 1 fully saturated rings. The van der Waals surface area contributed by atoms with Gasteiger partial charge in [0.2, 0.25) is 0 Å². The Labute approximate surface area is 161 Å². The molecule has 0 atom stereocenters. The number of halogens is 2. The lowest BCUT2D eigenvalue weighted by atomic mass is 10.1. The fourth-order valence-corrected chi connectivity index (χ4v) is 3.80. The van der Waals surface area contributed by atoms with Gasteiger partial charge in [-0.05, 0) is 35.9 Å². The summed E-state index contributed by atoms with van der Waals surface area (Å²) in [5.41, 5.74) is 1.81. The van der Waals surface area contributed by atoms with E-state index in [2.05, 4.69) is 15.9 Å². The summed E-state index contributed by atoms with van der Waals surface area (Å²) in [6, 6.07) is 11.7. The fraction of sp³-hybridized carbons (Fsp3) is 0.300. The first kappa shape index (κ1) is 18.1. The second kappa shape index (κ2) is 7.38. The van der Waals surface area contributed by atoms with Crippen LogP contribution in [0, 0.1) is 5.82 Å². The number of Topliss-reactive ketones (excluding diaryl/α,β-unsaturated/α-hetero) is 1. The zero-order valence-electron chi connectivity index (χ0n) is 14.7. The van der Waals surface area contributed by atoms with E-state index >= 15 is 0 Å². The van der Waals surface area contributed by atoms with E-state index in [1.165, 1.54) is 28.7 Å². The molecule has 0 N–H and O–H groups in total. The van der Waals surface area contributed by atoms with E-state index in [1.807, 2.05) is 18.2 Å². The second-order valence-electron chi connectivity index (χ2n) is 6.89. The van der Waals surface area contributed by atoms with Crippen LogP contribution in [0.5, 0.6) is 0 Å². The van der Waals surface area contributed by atoms with Crippen molar-refractivity contribution in [3.8, 4) is 0 Å². The normalized spacial score (nSPS) is 18.2. The summed E-state index contributed by atoms with van der Waals surface area (Å²) in [6.07, 6.45) is 0. The van der Waals surface area contributed by atoms with Gasteiger partial charge in [0.05, 0.1) is 17.9 Å². The average Bonchev–Trinajstić information content (AvgIpc) is 2.88. The van der Waals surface area contributed by atoms with Crippen molar-refractivity contribution in [3.63, 3.8) is 0 Å². The molecule has 0 saturated carbocycles. The van der Waals surface area contributed by atoms with Crippen LogP contribution >= 0.6 is 11.6 Å². The molecule has 27 heavy (non-hydrogen) atoms. The molecule has 0 bridgehead atoms. The molecule has 0 spiro atoms. The van der Waals surface area contributed by atoms with E-state index in [9.17, 15) is 14.0 Å². The minimum Gasteiger partial charge on any atom is -0.297 e. The first-order valence-corrected chi connectivity index (χ1v) is 9.24. The van der Waals surface area contributed by atoms with Crippen molar-refractivity contribution in [1.29, 1.82) is 0 Å². The number of anilines is 1. The lowest BCUT2D eigenvalue weighted by Gasteiger charge is -2.36. The molecule has 0 aromatic heterocycles. The third kappa shape index (κ3) is 3.74. The number of piperazine rings is 1. The van der Waals surface area contributed by atoms with Gasteiger partial charge >= 0.3 is 5.91 Å². The number of hydrogen-bond donors (Lipinski definition) is 0. The van der Waals surface area contributed by atoms with Gasteiger partial charge in [0.25, 0.3) is 5.78 Å². The number of carbonyl (C=O) groups is 2. The first-order chi connectivity index (χ1) is 13.0. The highest BCUT2D eigenvalue weighted by molar-refractivity contribution is 6.52. The Hall–Kier alpha value is -2.28. The summed E-state index contributed by atoms with van der Waals surface area (Å²) in [6.45, 7) is 4.35. The minimum absolute atomic E-state index is 0.279. The molecule has 140 valence electrons. The van der Waals surface area contributed by atoms with E-state index in [1.54, 1.807) is 0 Å². The number of nitrogens with zero attached hydrogens (tertiary/aromatic N) is 3. The molecule has 2 aromatic carbocycles. The quantitative estimate of drug-likeness (QED) is 0.757. The van der Waals surface area contributed by atoms with Gasteiger partial charge < -0.3 is 0 Å². The van der Waals surface area contributed by atoms with Crippen molar-refractivity contribution in [3.05, 3.63) is 64.4 Å². The van der Waals surface area contributed by atoms with Crippen molar-refractivity contribution in [2.45, 2.75) is 6.54 Å². The Morgan fingerprint density at radius 3 is 2.44 bits per heavy atom. The lowest BCUT2D eigenvalue weighted by Crippen LogP contribution is -2.50. The molecule has 2 aliphatic heterocycles. The summed E-state index contributed by atoms with van der Waals surface area (Å²) < 4.78 is 13.6. The molecule has 2 aliphatic rings. The molecule has 4 rings (SSSR count). The third-order valence-electron chi connectivity index (χ3n) is 5.04. The Morgan fingerprint density at radius 2 is 1.70 bits per heavy atom. The van der Waals surface area contributed by atoms with Crippen molar-refractivity contribution >= 4 is 29.0 Å². The van der Waals surface area contributed by atoms with Gasteiger partial charge in [-0.2, -0.15) is 0 Å². The predicted octanol–water partition coefficient (Wildman–Crippen LogP) is 2.78. The molecule has 2 heterocycles. The molecule has 1 saturated heterocycles. The molecule has 0 radical (unpaired) electrons. The van der Waals surface area contributed by atoms with E-state index in [0.29, 0.717) is 12.4 Å². The van der Waals surface area contributed by atoms with E-state index in [0.717, 1.165) is 37.7 Å². The number of benzene rings is 2. The van der Waals surface area contributed by atoms with Gasteiger partial charge in [0.1, 0.15) is 5.82 Å². The predicted molar refractivity (Wildman–Crippen MR) is 101 cm³/mol. The number of fused-ring (bicyclic) bond motifs is 1. The molecule has 2 aromatic rings. The lowest BCUT2D eigenvalue weighted by molar-refractivity contribution is -0.114. The Morgan fingerprint density at radius 1 is 0.963 bits per heavy atom. The average molecular weight is 388 g/mol. The monoisotopic (exact) mass is 387 g/mol. The van der Waals surface area contributed by atoms with E-state index in [4.69, 9.17) is 11.6 Å². The van der Waals surface area contributed by atoms with Crippen LogP contribution in [0.4, 0.5) is 10.1 Å². The highest BCUT2D eigenvalue weighted by Gasteiger charge is 2.37. The van der Waals surface area contributed by atoms with Crippen LogP contribution in [0.25, 0.3) is 0 Å². The summed E-state index contributed by atoms with van der Waals surface area (Å²) in [4.78, 5) is 30.2. The van der Waals surface area contributed by atoms with Gasteiger partial charge in [-0.1, -0.05) is 23.7 Å². The molecule has 5 nitrogen and oxygen atoms in total. The number of rotatable bonds is 4. The van der Waals surface area contributed by atoms with Crippen LogP contribution in [0.2, 0.25) is 5.02 Å². The van der Waals surface area contributed by atoms with Gasteiger partial charge in [0.15, 0.2) is 0 Å². The van der Waals surface area contributed by atoms with Crippen LogP contribution in [0.3, 0.4) is 0 Å². The first-order valence-electron chi connectivity index (χ1n) is 8.86. The van der Waals surface area contributed by atoms with Crippen LogP contribution in [0.1, 0.15) is 15.9 Å². The molecular formula is C20H19ClFN3O2. The second-order valence-corrected chi connectivity index (χ2v) is 7.33. The van der Waals surface area contributed by atoms with Gasteiger partial charge in [-0.15, -0.1) is 0 Å². The zero-order valence-corrected chi connectivity index (χ0v) is 15.5. The van der Waals surface area contributed by atoms with Gasteiger partial charge in [-0.3, -0.25) is 24.3 Å². The molecule has 7 heteroatoms.